The predicted molar refractivity (Wildman–Crippen MR) is 81.4 cm³/mol. The minimum absolute atomic E-state index is 0.122. The fraction of sp³-hybridized carbons (Fsp3) is 0.533. The van der Waals surface area contributed by atoms with Gasteiger partial charge >= 0.3 is 5.97 Å². The molecule has 0 aliphatic carbocycles. The maximum atomic E-state index is 10.5. The molecule has 0 saturated carbocycles. The average molecular weight is 280 g/mol. The van der Waals surface area contributed by atoms with Gasteiger partial charge in [-0.1, -0.05) is 0 Å². The fourth-order valence-corrected chi connectivity index (χ4v) is 2.06. The van der Waals surface area contributed by atoms with Crippen LogP contribution in [0.15, 0.2) is 24.3 Å². The SMILES string of the molecule is CCN(CCO)c1ccc(NC(C)CCC(=O)O)cc1. The summed E-state index contributed by atoms with van der Waals surface area (Å²) in [6.45, 7) is 5.64. The summed E-state index contributed by atoms with van der Waals surface area (Å²) in [6.07, 6.45) is 0.773. The van der Waals surface area contributed by atoms with E-state index < -0.39 is 5.97 Å². The molecule has 20 heavy (non-hydrogen) atoms. The van der Waals surface area contributed by atoms with Crippen LogP contribution in [0.3, 0.4) is 0 Å². The molecule has 1 rings (SSSR count). The molecule has 0 heterocycles. The van der Waals surface area contributed by atoms with Gasteiger partial charge in [0.2, 0.25) is 0 Å². The van der Waals surface area contributed by atoms with Crippen molar-refractivity contribution >= 4 is 17.3 Å². The Morgan fingerprint density at radius 2 is 2.00 bits per heavy atom. The van der Waals surface area contributed by atoms with Crippen molar-refractivity contribution in [1.82, 2.24) is 0 Å². The maximum absolute atomic E-state index is 10.5. The number of rotatable bonds is 9. The van der Waals surface area contributed by atoms with Crippen molar-refractivity contribution in [3.63, 3.8) is 0 Å². The van der Waals surface area contributed by atoms with Crippen molar-refractivity contribution in [3.05, 3.63) is 24.3 Å². The fourth-order valence-electron chi connectivity index (χ4n) is 2.06. The second-order valence-corrected chi connectivity index (χ2v) is 4.83. The summed E-state index contributed by atoms with van der Waals surface area (Å²) in [4.78, 5) is 12.6. The van der Waals surface area contributed by atoms with E-state index in [2.05, 4.69) is 17.1 Å². The number of likely N-dealkylation sites (N-methyl/N-ethyl adjacent to an activating group) is 1. The van der Waals surface area contributed by atoms with Gasteiger partial charge in [-0.25, -0.2) is 0 Å². The lowest BCUT2D eigenvalue weighted by molar-refractivity contribution is -0.137. The molecular formula is C15H24N2O3. The lowest BCUT2D eigenvalue weighted by Gasteiger charge is -2.22. The van der Waals surface area contributed by atoms with Crippen molar-refractivity contribution in [2.45, 2.75) is 32.7 Å². The number of nitrogens with zero attached hydrogens (tertiary/aromatic N) is 1. The third-order valence-corrected chi connectivity index (χ3v) is 3.19. The third-order valence-electron chi connectivity index (χ3n) is 3.19. The van der Waals surface area contributed by atoms with Gasteiger partial charge in [-0.3, -0.25) is 4.79 Å². The van der Waals surface area contributed by atoms with E-state index in [1.54, 1.807) is 0 Å². The lowest BCUT2D eigenvalue weighted by Crippen LogP contribution is -2.26. The van der Waals surface area contributed by atoms with Crippen LogP contribution in [0, 0.1) is 0 Å². The highest BCUT2D eigenvalue weighted by molar-refractivity contribution is 5.66. The molecule has 3 N–H and O–H groups in total. The van der Waals surface area contributed by atoms with Crippen molar-refractivity contribution < 1.29 is 15.0 Å². The Kier molecular flexibility index (Phi) is 6.87. The Labute approximate surface area is 120 Å². The molecule has 0 saturated heterocycles. The van der Waals surface area contributed by atoms with Gasteiger partial charge in [0.05, 0.1) is 6.61 Å². The summed E-state index contributed by atoms with van der Waals surface area (Å²) >= 11 is 0. The summed E-state index contributed by atoms with van der Waals surface area (Å²) in [5, 5.41) is 20.9. The van der Waals surface area contributed by atoms with Crippen LogP contribution in [-0.4, -0.2) is 41.9 Å². The summed E-state index contributed by atoms with van der Waals surface area (Å²) in [5.41, 5.74) is 2.05. The maximum Gasteiger partial charge on any atom is 0.303 e. The largest absolute Gasteiger partial charge is 0.481 e. The minimum atomic E-state index is -0.767. The first-order valence-electron chi connectivity index (χ1n) is 7.01. The summed E-state index contributed by atoms with van der Waals surface area (Å²) in [5.74, 6) is -0.767. The highest BCUT2D eigenvalue weighted by atomic mass is 16.4. The highest BCUT2D eigenvalue weighted by Crippen LogP contribution is 2.18. The van der Waals surface area contributed by atoms with E-state index in [1.165, 1.54) is 0 Å². The standard InChI is InChI=1S/C15H24N2O3/c1-3-17(10-11-18)14-7-5-13(6-8-14)16-12(2)4-9-15(19)20/h5-8,12,16,18H,3-4,9-11H2,1-2H3,(H,19,20). The van der Waals surface area contributed by atoms with Gasteiger partial charge in [-0.15, -0.1) is 0 Å². The van der Waals surface area contributed by atoms with Crippen molar-refractivity contribution in [3.8, 4) is 0 Å². The van der Waals surface area contributed by atoms with Crippen LogP contribution < -0.4 is 10.2 Å². The number of aliphatic carboxylic acids is 1. The molecule has 0 radical (unpaired) electrons. The van der Waals surface area contributed by atoms with Gasteiger partial charge in [-0.05, 0) is 44.5 Å². The van der Waals surface area contributed by atoms with Crippen LogP contribution >= 0.6 is 0 Å². The van der Waals surface area contributed by atoms with Crippen LogP contribution in [0.2, 0.25) is 0 Å². The monoisotopic (exact) mass is 280 g/mol. The molecule has 5 nitrogen and oxygen atoms in total. The van der Waals surface area contributed by atoms with E-state index in [-0.39, 0.29) is 19.1 Å². The van der Waals surface area contributed by atoms with E-state index in [1.807, 2.05) is 31.2 Å². The number of hydrogen-bond acceptors (Lipinski definition) is 4. The van der Waals surface area contributed by atoms with E-state index >= 15 is 0 Å². The smallest absolute Gasteiger partial charge is 0.303 e. The number of anilines is 2. The first kappa shape index (κ1) is 16.3. The Bertz CT molecular complexity index is 406. The van der Waals surface area contributed by atoms with Crippen LogP contribution in [-0.2, 0) is 4.79 Å². The Balaban J connectivity index is 2.55. The van der Waals surface area contributed by atoms with Crippen LogP contribution in [0.25, 0.3) is 0 Å². The van der Waals surface area contributed by atoms with Crippen molar-refractivity contribution in [1.29, 1.82) is 0 Å². The topological polar surface area (TPSA) is 72.8 Å². The molecular weight excluding hydrogens is 256 g/mol. The Morgan fingerprint density at radius 1 is 1.35 bits per heavy atom. The number of carbonyl (C=O) groups is 1. The molecule has 112 valence electrons. The molecule has 0 fully saturated rings. The second-order valence-electron chi connectivity index (χ2n) is 4.83. The van der Waals surface area contributed by atoms with Crippen LogP contribution in [0.4, 0.5) is 11.4 Å². The molecule has 0 aliphatic heterocycles. The predicted octanol–water partition coefficient (Wildman–Crippen LogP) is 2.17. The molecule has 0 aliphatic rings. The number of aliphatic hydroxyl groups excluding tert-OH is 1. The number of aliphatic hydroxyl groups is 1. The number of benzene rings is 1. The van der Waals surface area contributed by atoms with E-state index in [0.29, 0.717) is 13.0 Å². The molecule has 0 bridgehead atoms. The molecule has 0 spiro atoms. The van der Waals surface area contributed by atoms with Crippen molar-refractivity contribution in [2.75, 3.05) is 29.9 Å². The summed E-state index contributed by atoms with van der Waals surface area (Å²) < 4.78 is 0. The second kappa shape index (κ2) is 8.43. The molecule has 1 aromatic carbocycles. The van der Waals surface area contributed by atoms with Gasteiger partial charge < -0.3 is 20.4 Å². The number of nitrogens with one attached hydrogen (secondary N) is 1. The van der Waals surface area contributed by atoms with Gasteiger partial charge in [0.15, 0.2) is 0 Å². The summed E-state index contributed by atoms with van der Waals surface area (Å²) in [6, 6.07) is 8.09. The van der Waals surface area contributed by atoms with Crippen molar-refractivity contribution in [2.24, 2.45) is 0 Å². The van der Waals surface area contributed by atoms with Gasteiger partial charge in [0, 0.05) is 36.9 Å². The lowest BCUT2D eigenvalue weighted by atomic mass is 10.1. The zero-order chi connectivity index (χ0) is 15.0. The Morgan fingerprint density at radius 3 is 2.50 bits per heavy atom. The van der Waals surface area contributed by atoms with E-state index in [9.17, 15) is 4.79 Å². The quantitative estimate of drug-likeness (QED) is 0.646. The van der Waals surface area contributed by atoms with Gasteiger partial charge in [0.1, 0.15) is 0 Å². The zero-order valence-corrected chi connectivity index (χ0v) is 12.2. The number of hydrogen-bond donors (Lipinski definition) is 3. The van der Waals surface area contributed by atoms with Crippen LogP contribution in [0.5, 0.6) is 0 Å². The molecule has 0 aromatic heterocycles. The molecule has 5 heteroatoms. The molecule has 1 unspecified atom stereocenters. The zero-order valence-electron chi connectivity index (χ0n) is 12.2. The van der Waals surface area contributed by atoms with E-state index in [4.69, 9.17) is 10.2 Å². The molecule has 1 atom stereocenters. The van der Waals surface area contributed by atoms with Gasteiger partial charge in [-0.2, -0.15) is 0 Å². The minimum Gasteiger partial charge on any atom is -0.481 e. The number of carboxylic acids is 1. The normalized spacial score (nSPS) is 11.9. The molecule has 1 aromatic rings. The third kappa shape index (κ3) is 5.48. The first-order chi connectivity index (χ1) is 9.56. The summed E-state index contributed by atoms with van der Waals surface area (Å²) in [7, 11) is 0. The van der Waals surface area contributed by atoms with Crippen LogP contribution in [0.1, 0.15) is 26.7 Å². The number of carboxylic acid groups (broad SMARTS) is 1. The average Bonchev–Trinajstić information content (AvgIpc) is 2.43. The first-order valence-corrected chi connectivity index (χ1v) is 7.01. The highest BCUT2D eigenvalue weighted by Gasteiger charge is 2.06. The molecule has 0 amide bonds. The van der Waals surface area contributed by atoms with Gasteiger partial charge in [0.25, 0.3) is 0 Å². The Hall–Kier alpha value is -1.75. The van der Waals surface area contributed by atoms with E-state index in [0.717, 1.165) is 17.9 Å².